The Morgan fingerprint density at radius 2 is 1.75 bits per heavy atom. The first-order valence-electron chi connectivity index (χ1n) is 4.50. The van der Waals surface area contributed by atoms with E-state index in [0.717, 1.165) is 13.1 Å². The highest BCUT2D eigenvalue weighted by Gasteiger charge is 2.41. The molecule has 0 aromatic rings. The predicted octanol–water partition coefficient (Wildman–Crippen LogP) is 1.24. The fraction of sp³-hybridized carbons (Fsp3) is 0.889. The van der Waals surface area contributed by atoms with Gasteiger partial charge in [0.2, 0.25) is 0 Å². The molecule has 0 amide bonds. The molecule has 0 spiro atoms. The summed E-state index contributed by atoms with van der Waals surface area (Å²) in [5, 5.41) is 3.38. The zero-order chi connectivity index (χ0) is 7.84. The van der Waals surface area contributed by atoms with Crippen molar-refractivity contribution in [2.24, 2.45) is 17.8 Å². The van der Waals surface area contributed by atoms with Crippen LogP contribution in [0.3, 0.4) is 0 Å². The van der Waals surface area contributed by atoms with Gasteiger partial charge in [0.1, 0.15) is 5.78 Å². The summed E-state index contributed by atoms with van der Waals surface area (Å²) in [6, 6.07) is 0. The minimum Gasteiger partial charge on any atom is -0.316 e. The first-order valence-corrected chi connectivity index (χ1v) is 4.50. The molecule has 1 aliphatic heterocycles. The second kappa shape index (κ2) is 3.75. The van der Waals surface area contributed by atoms with E-state index in [4.69, 9.17) is 0 Å². The van der Waals surface area contributed by atoms with Crippen molar-refractivity contribution >= 4 is 18.2 Å². The van der Waals surface area contributed by atoms with E-state index in [9.17, 15) is 4.79 Å². The summed E-state index contributed by atoms with van der Waals surface area (Å²) in [6.45, 7) is 3.89. The van der Waals surface area contributed by atoms with Crippen LogP contribution in [-0.2, 0) is 4.79 Å². The Kier molecular flexibility index (Phi) is 3.13. The molecule has 2 rings (SSSR count). The fourth-order valence-corrected chi connectivity index (χ4v) is 2.75. The minimum atomic E-state index is 0. The Balaban J connectivity index is 0.000000720. The van der Waals surface area contributed by atoms with Crippen LogP contribution in [0, 0.1) is 17.8 Å². The molecule has 1 aliphatic carbocycles. The summed E-state index contributed by atoms with van der Waals surface area (Å²) in [4.78, 5) is 11.2. The average molecular weight is 190 g/mol. The lowest BCUT2D eigenvalue weighted by atomic mass is 9.83. The van der Waals surface area contributed by atoms with Gasteiger partial charge in [0.25, 0.3) is 0 Å². The number of hydrogen-bond acceptors (Lipinski definition) is 2. The quantitative estimate of drug-likeness (QED) is 0.673. The van der Waals surface area contributed by atoms with Crippen LogP contribution in [0.1, 0.15) is 19.8 Å². The molecule has 2 atom stereocenters. The molecule has 0 radical (unpaired) electrons. The van der Waals surface area contributed by atoms with Crippen LogP contribution >= 0.6 is 12.4 Å². The molecule has 2 fully saturated rings. The molecular weight excluding hydrogens is 174 g/mol. The monoisotopic (exact) mass is 189 g/mol. The van der Waals surface area contributed by atoms with Crippen molar-refractivity contribution in [2.75, 3.05) is 13.1 Å². The van der Waals surface area contributed by atoms with Gasteiger partial charge in [-0.3, -0.25) is 4.79 Å². The van der Waals surface area contributed by atoms with Crippen molar-refractivity contribution in [3.63, 3.8) is 0 Å². The molecule has 0 aromatic carbocycles. The summed E-state index contributed by atoms with van der Waals surface area (Å²) in [6.07, 6.45) is 2.53. The number of halogens is 1. The fourth-order valence-electron chi connectivity index (χ4n) is 2.75. The van der Waals surface area contributed by atoms with Crippen LogP contribution in [0.2, 0.25) is 0 Å². The maximum atomic E-state index is 11.2. The maximum absolute atomic E-state index is 11.2. The second-order valence-electron chi connectivity index (χ2n) is 3.89. The molecule has 2 bridgehead atoms. The summed E-state index contributed by atoms with van der Waals surface area (Å²) in [5.74, 6) is 2.13. The predicted molar refractivity (Wildman–Crippen MR) is 50.5 cm³/mol. The van der Waals surface area contributed by atoms with Gasteiger partial charge in [0.15, 0.2) is 0 Å². The normalized spacial score (nSPS) is 38.9. The van der Waals surface area contributed by atoms with E-state index in [2.05, 4.69) is 5.32 Å². The molecule has 1 N–H and O–H groups in total. The molecule has 2 aliphatic rings. The van der Waals surface area contributed by atoms with Crippen molar-refractivity contribution in [2.45, 2.75) is 19.8 Å². The second-order valence-corrected chi connectivity index (χ2v) is 3.89. The highest BCUT2D eigenvalue weighted by atomic mass is 35.5. The Morgan fingerprint density at radius 3 is 2.08 bits per heavy atom. The number of carbonyl (C=O) groups excluding carboxylic acids is 1. The smallest absolute Gasteiger partial charge is 0.133 e. The van der Waals surface area contributed by atoms with Gasteiger partial charge in [-0.1, -0.05) is 0 Å². The van der Waals surface area contributed by atoms with Crippen LogP contribution in [-0.4, -0.2) is 18.9 Å². The van der Waals surface area contributed by atoms with Gasteiger partial charge in [-0.05, 0) is 44.7 Å². The third-order valence-corrected chi connectivity index (χ3v) is 3.21. The molecule has 1 saturated heterocycles. The highest BCUT2D eigenvalue weighted by Crippen LogP contribution is 2.39. The number of Topliss-reactive ketones (excluding diaryl/α,β-unsaturated/α-hetero) is 1. The minimum absolute atomic E-state index is 0. The molecular formula is C9H16ClNO. The largest absolute Gasteiger partial charge is 0.316 e. The number of carbonyl (C=O) groups is 1. The Labute approximate surface area is 79.5 Å². The van der Waals surface area contributed by atoms with Gasteiger partial charge in [-0.2, -0.15) is 0 Å². The first kappa shape index (κ1) is 10.0. The van der Waals surface area contributed by atoms with Crippen LogP contribution in [0.15, 0.2) is 0 Å². The van der Waals surface area contributed by atoms with Gasteiger partial charge in [-0.25, -0.2) is 0 Å². The van der Waals surface area contributed by atoms with Crippen LogP contribution in [0.4, 0.5) is 0 Å². The van der Waals surface area contributed by atoms with Gasteiger partial charge < -0.3 is 5.32 Å². The Bertz CT molecular complexity index is 167. The molecule has 70 valence electrons. The molecule has 3 heteroatoms. The van der Waals surface area contributed by atoms with E-state index in [1.54, 1.807) is 6.92 Å². The van der Waals surface area contributed by atoms with Crippen molar-refractivity contribution in [3.05, 3.63) is 0 Å². The summed E-state index contributed by atoms with van der Waals surface area (Å²) in [5.41, 5.74) is 0. The Morgan fingerprint density at radius 1 is 1.25 bits per heavy atom. The van der Waals surface area contributed by atoms with E-state index in [1.165, 1.54) is 12.8 Å². The maximum Gasteiger partial charge on any atom is 0.133 e. The number of piperidine rings is 1. The summed E-state index contributed by atoms with van der Waals surface area (Å²) in [7, 11) is 0. The van der Waals surface area contributed by atoms with Crippen molar-refractivity contribution in [1.82, 2.24) is 5.32 Å². The molecule has 1 heterocycles. The number of ketones is 1. The number of nitrogens with one attached hydrogen (secondary N) is 1. The third-order valence-electron chi connectivity index (χ3n) is 3.21. The Hall–Kier alpha value is -0.0800. The zero-order valence-corrected chi connectivity index (χ0v) is 8.19. The van der Waals surface area contributed by atoms with Crippen molar-refractivity contribution < 1.29 is 4.79 Å². The third kappa shape index (κ3) is 1.50. The van der Waals surface area contributed by atoms with Gasteiger partial charge in [0.05, 0.1) is 0 Å². The van der Waals surface area contributed by atoms with Gasteiger partial charge in [0, 0.05) is 5.92 Å². The van der Waals surface area contributed by atoms with Gasteiger partial charge >= 0.3 is 0 Å². The van der Waals surface area contributed by atoms with Crippen molar-refractivity contribution in [3.8, 4) is 0 Å². The van der Waals surface area contributed by atoms with E-state index >= 15 is 0 Å². The lowest BCUT2D eigenvalue weighted by Crippen LogP contribution is -2.40. The zero-order valence-electron chi connectivity index (χ0n) is 7.38. The molecule has 2 unspecified atom stereocenters. The molecule has 2 nitrogen and oxygen atoms in total. The van der Waals surface area contributed by atoms with Gasteiger partial charge in [-0.15, -0.1) is 12.4 Å². The first-order chi connectivity index (χ1) is 5.29. The highest BCUT2D eigenvalue weighted by molar-refractivity contribution is 5.85. The molecule has 0 aromatic heterocycles. The van der Waals surface area contributed by atoms with E-state index in [0.29, 0.717) is 23.5 Å². The standard InChI is InChI=1S/C9H15NO.ClH/c1-6(11)9-7-2-3-8(9)5-10-4-7;/h7-10H,2-5H2,1H3;1H. The van der Waals surface area contributed by atoms with Crippen LogP contribution in [0.25, 0.3) is 0 Å². The molecule has 1 saturated carbocycles. The van der Waals surface area contributed by atoms with Crippen LogP contribution < -0.4 is 5.32 Å². The van der Waals surface area contributed by atoms with E-state index < -0.39 is 0 Å². The van der Waals surface area contributed by atoms with E-state index in [1.807, 2.05) is 0 Å². The summed E-state index contributed by atoms with van der Waals surface area (Å²) >= 11 is 0. The average Bonchev–Trinajstić information content (AvgIpc) is 2.23. The SMILES string of the molecule is CC(=O)C1C2CCC1CNC2.Cl. The summed E-state index contributed by atoms with van der Waals surface area (Å²) < 4.78 is 0. The van der Waals surface area contributed by atoms with Crippen LogP contribution in [0.5, 0.6) is 0 Å². The number of hydrogen-bond donors (Lipinski definition) is 1. The number of fused-ring (bicyclic) bond motifs is 2. The number of rotatable bonds is 1. The lowest BCUT2D eigenvalue weighted by molar-refractivity contribution is -0.123. The topological polar surface area (TPSA) is 29.1 Å². The van der Waals surface area contributed by atoms with E-state index in [-0.39, 0.29) is 12.4 Å². The van der Waals surface area contributed by atoms with Crippen molar-refractivity contribution in [1.29, 1.82) is 0 Å². The lowest BCUT2D eigenvalue weighted by Gasteiger charge is -2.28. The molecule has 12 heavy (non-hydrogen) atoms.